The van der Waals surface area contributed by atoms with Crippen molar-refractivity contribution in [1.82, 2.24) is 4.72 Å². The Morgan fingerprint density at radius 1 is 1.44 bits per heavy atom. The van der Waals surface area contributed by atoms with Crippen molar-refractivity contribution >= 4 is 16.0 Å². The first-order chi connectivity index (χ1) is 7.19. The van der Waals surface area contributed by atoms with E-state index in [1.807, 2.05) is 0 Å². The lowest BCUT2D eigenvalue weighted by atomic mass is 10.2. The predicted octanol–water partition coefficient (Wildman–Crippen LogP) is 0.822. The molecule has 2 unspecified atom stereocenters. The zero-order valence-corrected chi connectivity index (χ0v) is 10.9. The van der Waals surface area contributed by atoms with Gasteiger partial charge in [-0.2, -0.15) is 0 Å². The van der Waals surface area contributed by atoms with Crippen molar-refractivity contribution in [1.29, 1.82) is 0 Å². The molecule has 0 aromatic rings. The number of sulfonamides is 1. The van der Waals surface area contributed by atoms with E-state index < -0.39 is 28.1 Å². The minimum Gasteiger partial charge on any atom is -0.458 e. The molecule has 0 aromatic heterocycles. The number of esters is 1. The molecule has 0 saturated heterocycles. The fourth-order valence-corrected chi connectivity index (χ4v) is 1.76. The monoisotopic (exact) mass is 249 g/mol. The van der Waals surface area contributed by atoms with Crippen molar-refractivity contribution in [2.24, 2.45) is 0 Å². The highest BCUT2D eigenvalue weighted by Crippen LogP contribution is 2.04. The van der Waals surface area contributed by atoms with Crippen LogP contribution in [0.2, 0.25) is 0 Å². The van der Waals surface area contributed by atoms with E-state index in [-0.39, 0.29) is 11.3 Å². The van der Waals surface area contributed by atoms with E-state index >= 15 is 0 Å². The van der Waals surface area contributed by atoms with Crippen molar-refractivity contribution in [3.05, 3.63) is 12.2 Å². The molecule has 0 aliphatic heterocycles. The molecule has 0 amide bonds. The van der Waals surface area contributed by atoms with Crippen LogP contribution >= 0.6 is 0 Å². The van der Waals surface area contributed by atoms with Crippen molar-refractivity contribution in [3.63, 3.8) is 0 Å². The second-order valence-electron chi connectivity index (χ2n) is 3.70. The first-order valence-corrected chi connectivity index (χ1v) is 6.71. The summed E-state index contributed by atoms with van der Waals surface area (Å²) in [5.74, 6) is -0.520. The third-order valence-corrected chi connectivity index (χ3v) is 3.58. The van der Waals surface area contributed by atoms with Crippen LogP contribution in [0, 0.1) is 0 Å². The lowest BCUT2D eigenvalue weighted by molar-refractivity contribution is -0.144. The van der Waals surface area contributed by atoms with Gasteiger partial charge in [0.05, 0.1) is 11.8 Å². The number of rotatable bonds is 6. The Morgan fingerprint density at radius 2 is 1.94 bits per heavy atom. The molecule has 0 saturated carbocycles. The molecule has 0 bridgehead atoms. The minimum absolute atomic E-state index is 0.00150. The average molecular weight is 249 g/mol. The van der Waals surface area contributed by atoms with Crippen LogP contribution in [0.3, 0.4) is 0 Å². The topological polar surface area (TPSA) is 72.5 Å². The summed E-state index contributed by atoms with van der Waals surface area (Å²) in [7, 11) is -3.28. The summed E-state index contributed by atoms with van der Waals surface area (Å²) < 4.78 is 29.9. The fourth-order valence-electron chi connectivity index (χ4n) is 0.834. The van der Waals surface area contributed by atoms with Crippen molar-refractivity contribution in [2.45, 2.75) is 39.8 Å². The molecule has 94 valence electrons. The van der Waals surface area contributed by atoms with Gasteiger partial charge >= 0.3 is 5.97 Å². The summed E-state index contributed by atoms with van der Waals surface area (Å²) in [5, 5.41) is 0. The van der Waals surface area contributed by atoms with Gasteiger partial charge in [-0.25, -0.2) is 17.9 Å². The summed E-state index contributed by atoms with van der Waals surface area (Å²) in [6.07, 6.45) is -0.537. The molecule has 6 heteroatoms. The molecule has 0 aliphatic rings. The van der Waals surface area contributed by atoms with Gasteiger partial charge < -0.3 is 4.74 Å². The lowest BCUT2D eigenvalue weighted by Crippen LogP contribution is -2.42. The summed E-state index contributed by atoms with van der Waals surface area (Å²) in [6.45, 7) is 9.80. The standard InChI is InChI=1S/C10H19NO4S/c1-6-16(13,14)11-8(4)9(5)15-10(12)7(2)3/h8-9,11H,2,6H2,1,3-5H3. The van der Waals surface area contributed by atoms with Gasteiger partial charge in [0, 0.05) is 5.57 Å². The molecule has 0 aliphatic carbocycles. The third-order valence-electron chi connectivity index (χ3n) is 2.09. The Labute approximate surface area is 96.9 Å². The van der Waals surface area contributed by atoms with Gasteiger partial charge in [-0.3, -0.25) is 0 Å². The zero-order chi connectivity index (χ0) is 12.9. The van der Waals surface area contributed by atoms with E-state index in [0.29, 0.717) is 0 Å². The summed E-state index contributed by atoms with van der Waals surface area (Å²) in [6, 6.07) is -0.465. The number of hydrogen-bond acceptors (Lipinski definition) is 4. The van der Waals surface area contributed by atoms with Gasteiger partial charge in [-0.05, 0) is 27.7 Å². The van der Waals surface area contributed by atoms with Crippen LogP contribution in [0.5, 0.6) is 0 Å². The Morgan fingerprint density at radius 3 is 2.31 bits per heavy atom. The summed E-state index contributed by atoms with van der Waals surface area (Å²) in [5.41, 5.74) is 0.289. The highest BCUT2D eigenvalue weighted by Gasteiger charge is 2.21. The lowest BCUT2D eigenvalue weighted by Gasteiger charge is -2.21. The van der Waals surface area contributed by atoms with Crippen LogP contribution in [0.4, 0.5) is 0 Å². The zero-order valence-electron chi connectivity index (χ0n) is 10.1. The van der Waals surface area contributed by atoms with E-state index in [1.165, 1.54) is 6.92 Å². The SMILES string of the molecule is C=C(C)C(=O)OC(C)C(C)NS(=O)(=O)CC. The maximum absolute atomic E-state index is 11.3. The maximum Gasteiger partial charge on any atom is 0.333 e. The molecule has 0 radical (unpaired) electrons. The quantitative estimate of drug-likeness (QED) is 0.559. The highest BCUT2D eigenvalue weighted by atomic mass is 32.2. The summed E-state index contributed by atoms with van der Waals surface area (Å²) >= 11 is 0. The number of carbonyl (C=O) groups excluding carboxylic acids is 1. The first kappa shape index (κ1) is 15.1. The first-order valence-electron chi connectivity index (χ1n) is 5.06. The Kier molecular flexibility index (Phi) is 5.67. The Bertz CT molecular complexity index is 361. The number of nitrogens with one attached hydrogen (secondary N) is 1. The molecule has 0 aromatic carbocycles. The highest BCUT2D eigenvalue weighted by molar-refractivity contribution is 7.89. The number of ether oxygens (including phenoxy) is 1. The molecule has 0 heterocycles. The second-order valence-corrected chi connectivity index (χ2v) is 5.74. The fraction of sp³-hybridized carbons (Fsp3) is 0.700. The van der Waals surface area contributed by atoms with E-state index in [2.05, 4.69) is 11.3 Å². The van der Waals surface area contributed by atoms with Crippen molar-refractivity contribution < 1.29 is 17.9 Å². The van der Waals surface area contributed by atoms with E-state index in [9.17, 15) is 13.2 Å². The molecule has 2 atom stereocenters. The van der Waals surface area contributed by atoms with Crippen LogP contribution in [0.25, 0.3) is 0 Å². The van der Waals surface area contributed by atoms with Gasteiger partial charge in [0.25, 0.3) is 0 Å². The van der Waals surface area contributed by atoms with Crippen molar-refractivity contribution in [2.75, 3.05) is 5.75 Å². The van der Waals surface area contributed by atoms with Crippen molar-refractivity contribution in [3.8, 4) is 0 Å². The van der Waals surface area contributed by atoms with Crippen LogP contribution in [0.1, 0.15) is 27.7 Å². The molecular formula is C10H19NO4S. The summed E-state index contributed by atoms with van der Waals surface area (Å²) in [4.78, 5) is 11.2. The average Bonchev–Trinajstić information content (AvgIpc) is 2.16. The predicted molar refractivity (Wildman–Crippen MR) is 62.4 cm³/mol. The van der Waals surface area contributed by atoms with Crippen LogP contribution < -0.4 is 4.72 Å². The number of carbonyl (C=O) groups is 1. The van der Waals surface area contributed by atoms with E-state index in [0.717, 1.165) is 0 Å². The smallest absolute Gasteiger partial charge is 0.333 e. The van der Waals surface area contributed by atoms with Gasteiger partial charge in [-0.15, -0.1) is 0 Å². The second kappa shape index (κ2) is 6.00. The van der Waals surface area contributed by atoms with E-state index in [1.54, 1.807) is 20.8 Å². The Hall–Kier alpha value is -0.880. The van der Waals surface area contributed by atoms with Crippen LogP contribution in [0.15, 0.2) is 12.2 Å². The Balaban J connectivity index is 4.35. The molecule has 0 fully saturated rings. The van der Waals surface area contributed by atoms with Crippen LogP contribution in [-0.4, -0.2) is 32.3 Å². The van der Waals surface area contributed by atoms with Gasteiger partial charge in [0.15, 0.2) is 0 Å². The molecule has 5 nitrogen and oxygen atoms in total. The van der Waals surface area contributed by atoms with Gasteiger partial charge in [0.2, 0.25) is 10.0 Å². The maximum atomic E-state index is 11.3. The van der Waals surface area contributed by atoms with Gasteiger partial charge in [-0.1, -0.05) is 6.58 Å². The largest absolute Gasteiger partial charge is 0.458 e. The molecule has 0 rings (SSSR count). The molecule has 16 heavy (non-hydrogen) atoms. The minimum atomic E-state index is -3.28. The normalized spacial score (nSPS) is 15.2. The van der Waals surface area contributed by atoms with Gasteiger partial charge in [0.1, 0.15) is 6.10 Å². The number of hydrogen-bond donors (Lipinski definition) is 1. The molecule has 0 spiro atoms. The van der Waals surface area contributed by atoms with E-state index in [4.69, 9.17) is 4.74 Å². The molecular weight excluding hydrogens is 230 g/mol. The molecule has 1 N–H and O–H groups in total. The third kappa shape index (κ3) is 5.27. The van der Waals surface area contributed by atoms with Crippen LogP contribution in [-0.2, 0) is 19.6 Å².